The Bertz CT molecular complexity index is 277. The second-order valence-corrected chi connectivity index (χ2v) is 4.76. The van der Waals surface area contributed by atoms with Crippen molar-refractivity contribution >= 4 is 12.0 Å². The van der Waals surface area contributed by atoms with Gasteiger partial charge in [-0.15, -0.1) is 0 Å². The van der Waals surface area contributed by atoms with E-state index in [9.17, 15) is 9.59 Å². The van der Waals surface area contributed by atoms with Gasteiger partial charge in [-0.1, -0.05) is 19.3 Å². The Kier molecular flexibility index (Phi) is 6.49. The molecule has 0 aromatic rings. The molecule has 0 unspecified atom stereocenters. The summed E-state index contributed by atoms with van der Waals surface area (Å²) in [7, 11) is 0. The van der Waals surface area contributed by atoms with E-state index in [0.29, 0.717) is 12.5 Å². The summed E-state index contributed by atoms with van der Waals surface area (Å²) in [6.07, 6.45) is 5.94. The lowest BCUT2D eigenvalue weighted by Gasteiger charge is -2.22. The Balaban J connectivity index is 2.24. The van der Waals surface area contributed by atoms with Crippen LogP contribution >= 0.6 is 0 Å². The molecule has 1 aliphatic rings. The molecule has 4 N–H and O–H groups in total. The minimum absolute atomic E-state index is 0.0200. The Morgan fingerprint density at radius 3 is 2.44 bits per heavy atom. The third-order valence-corrected chi connectivity index (χ3v) is 3.30. The maximum atomic E-state index is 11.5. The van der Waals surface area contributed by atoms with Crippen LogP contribution in [0.2, 0.25) is 0 Å². The summed E-state index contributed by atoms with van der Waals surface area (Å²) in [5.74, 6) is -0.623. The zero-order valence-corrected chi connectivity index (χ0v) is 10.5. The molecule has 0 spiro atoms. The van der Waals surface area contributed by atoms with Crippen molar-refractivity contribution < 1.29 is 19.8 Å². The number of carboxylic acids is 1. The van der Waals surface area contributed by atoms with Crippen LogP contribution in [0.4, 0.5) is 4.79 Å². The predicted molar refractivity (Wildman–Crippen MR) is 66.2 cm³/mol. The van der Waals surface area contributed by atoms with Gasteiger partial charge < -0.3 is 20.8 Å². The highest BCUT2D eigenvalue weighted by atomic mass is 16.4. The van der Waals surface area contributed by atoms with Crippen molar-refractivity contribution in [1.82, 2.24) is 10.6 Å². The number of carboxylic acid groups (broad SMARTS) is 1. The van der Waals surface area contributed by atoms with E-state index in [2.05, 4.69) is 10.6 Å². The summed E-state index contributed by atoms with van der Waals surface area (Å²) in [5.41, 5.74) is 0. The zero-order valence-electron chi connectivity index (χ0n) is 10.5. The molecule has 104 valence electrons. The van der Waals surface area contributed by atoms with E-state index >= 15 is 0 Å². The Labute approximate surface area is 107 Å². The summed E-state index contributed by atoms with van der Waals surface area (Å²) in [6, 6.07) is -1.50. The molecule has 1 aliphatic carbocycles. The first-order valence-electron chi connectivity index (χ1n) is 6.51. The van der Waals surface area contributed by atoms with Crippen molar-refractivity contribution in [3.8, 4) is 0 Å². The van der Waals surface area contributed by atoms with Crippen LogP contribution in [0, 0.1) is 5.92 Å². The lowest BCUT2D eigenvalue weighted by molar-refractivity contribution is -0.139. The van der Waals surface area contributed by atoms with Crippen molar-refractivity contribution in [2.24, 2.45) is 5.92 Å². The molecular weight excluding hydrogens is 236 g/mol. The van der Waals surface area contributed by atoms with Crippen molar-refractivity contribution in [2.45, 2.75) is 44.6 Å². The molecule has 0 heterocycles. The van der Waals surface area contributed by atoms with Crippen LogP contribution in [-0.4, -0.2) is 41.4 Å². The van der Waals surface area contributed by atoms with Gasteiger partial charge in [-0.3, -0.25) is 0 Å². The van der Waals surface area contributed by atoms with Gasteiger partial charge in [0.25, 0.3) is 0 Å². The lowest BCUT2D eigenvalue weighted by atomic mass is 9.89. The van der Waals surface area contributed by atoms with Gasteiger partial charge in [-0.25, -0.2) is 9.59 Å². The van der Waals surface area contributed by atoms with Gasteiger partial charge in [0.1, 0.15) is 6.04 Å². The number of aliphatic hydroxyl groups excluding tert-OH is 1. The normalized spacial score (nSPS) is 18.1. The molecule has 1 saturated carbocycles. The summed E-state index contributed by atoms with van der Waals surface area (Å²) in [6.45, 7) is 0.331. The van der Waals surface area contributed by atoms with Crippen LogP contribution in [0.5, 0.6) is 0 Å². The molecule has 0 aromatic carbocycles. The third-order valence-electron chi connectivity index (χ3n) is 3.30. The highest BCUT2D eigenvalue weighted by molar-refractivity contribution is 5.82. The number of aliphatic carboxylic acids is 1. The summed E-state index contributed by atoms with van der Waals surface area (Å²) in [5, 5.41) is 22.6. The number of nitrogens with one attached hydrogen (secondary N) is 2. The fourth-order valence-electron chi connectivity index (χ4n) is 2.22. The van der Waals surface area contributed by atoms with Crippen LogP contribution in [0.15, 0.2) is 0 Å². The largest absolute Gasteiger partial charge is 0.480 e. The molecule has 1 atom stereocenters. The van der Waals surface area contributed by atoms with E-state index in [1.54, 1.807) is 0 Å². The second kappa shape index (κ2) is 7.92. The maximum absolute atomic E-state index is 11.5. The van der Waals surface area contributed by atoms with Gasteiger partial charge >= 0.3 is 12.0 Å². The van der Waals surface area contributed by atoms with Gasteiger partial charge in [-0.05, 0) is 18.8 Å². The van der Waals surface area contributed by atoms with E-state index in [-0.39, 0.29) is 13.0 Å². The van der Waals surface area contributed by atoms with Crippen LogP contribution in [0.1, 0.15) is 38.5 Å². The van der Waals surface area contributed by atoms with Crippen LogP contribution in [-0.2, 0) is 4.79 Å². The third kappa shape index (κ3) is 5.35. The average molecular weight is 258 g/mol. The molecular formula is C12H22N2O4. The SMILES string of the molecule is O=C(NCC1CCCCC1)N[C@@H](CCO)C(=O)O. The molecule has 0 aromatic heterocycles. The Hall–Kier alpha value is -1.30. The number of carbonyl (C=O) groups excluding carboxylic acids is 1. The van der Waals surface area contributed by atoms with Crippen LogP contribution in [0.25, 0.3) is 0 Å². The van der Waals surface area contributed by atoms with Crippen molar-refractivity contribution in [3.05, 3.63) is 0 Å². The number of hydrogen-bond donors (Lipinski definition) is 4. The van der Waals surface area contributed by atoms with Crippen LogP contribution in [0.3, 0.4) is 0 Å². The number of amides is 2. The predicted octanol–water partition coefficient (Wildman–Crippen LogP) is 0.701. The molecule has 1 fully saturated rings. The van der Waals surface area contributed by atoms with E-state index in [1.165, 1.54) is 19.3 Å². The topological polar surface area (TPSA) is 98.7 Å². The van der Waals surface area contributed by atoms with Gasteiger partial charge in [0.15, 0.2) is 0 Å². The quantitative estimate of drug-likeness (QED) is 0.563. The molecule has 6 heteroatoms. The first-order chi connectivity index (χ1) is 8.63. The smallest absolute Gasteiger partial charge is 0.326 e. The van der Waals surface area contributed by atoms with Crippen LogP contribution < -0.4 is 10.6 Å². The lowest BCUT2D eigenvalue weighted by Crippen LogP contribution is -2.47. The number of rotatable bonds is 6. The summed E-state index contributed by atoms with van der Waals surface area (Å²) >= 11 is 0. The van der Waals surface area contributed by atoms with Crippen molar-refractivity contribution in [1.29, 1.82) is 0 Å². The maximum Gasteiger partial charge on any atom is 0.326 e. The Morgan fingerprint density at radius 2 is 1.89 bits per heavy atom. The van der Waals surface area contributed by atoms with Crippen molar-refractivity contribution in [2.75, 3.05) is 13.2 Å². The first kappa shape index (κ1) is 14.8. The average Bonchev–Trinajstić information content (AvgIpc) is 2.37. The Morgan fingerprint density at radius 1 is 1.22 bits per heavy atom. The van der Waals surface area contributed by atoms with Gasteiger partial charge in [-0.2, -0.15) is 0 Å². The molecule has 6 nitrogen and oxygen atoms in total. The summed E-state index contributed by atoms with van der Waals surface area (Å²) < 4.78 is 0. The monoisotopic (exact) mass is 258 g/mol. The fraction of sp³-hybridized carbons (Fsp3) is 0.833. The van der Waals surface area contributed by atoms with E-state index in [1.807, 2.05) is 0 Å². The van der Waals surface area contributed by atoms with E-state index in [4.69, 9.17) is 10.2 Å². The molecule has 0 saturated heterocycles. The number of urea groups is 1. The minimum atomic E-state index is -1.13. The first-order valence-corrected chi connectivity index (χ1v) is 6.51. The fourth-order valence-corrected chi connectivity index (χ4v) is 2.22. The zero-order chi connectivity index (χ0) is 13.4. The standard InChI is InChI=1S/C12H22N2O4/c15-7-6-10(11(16)17)14-12(18)13-8-9-4-2-1-3-5-9/h9-10,15H,1-8H2,(H,16,17)(H2,13,14,18)/t10-/m0/s1. The molecule has 0 aliphatic heterocycles. The van der Waals surface area contributed by atoms with Gasteiger partial charge in [0, 0.05) is 19.6 Å². The second-order valence-electron chi connectivity index (χ2n) is 4.76. The number of hydrogen-bond acceptors (Lipinski definition) is 3. The van der Waals surface area contributed by atoms with Gasteiger partial charge in [0.05, 0.1) is 0 Å². The van der Waals surface area contributed by atoms with Crippen molar-refractivity contribution in [3.63, 3.8) is 0 Å². The molecule has 2 amide bonds. The highest BCUT2D eigenvalue weighted by Gasteiger charge is 2.20. The molecule has 0 bridgehead atoms. The number of carbonyl (C=O) groups is 2. The van der Waals surface area contributed by atoms with E-state index < -0.39 is 18.0 Å². The highest BCUT2D eigenvalue weighted by Crippen LogP contribution is 2.22. The molecule has 0 radical (unpaired) electrons. The van der Waals surface area contributed by atoms with E-state index in [0.717, 1.165) is 12.8 Å². The van der Waals surface area contributed by atoms with Gasteiger partial charge in [0.2, 0.25) is 0 Å². The summed E-state index contributed by atoms with van der Waals surface area (Å²) in [4.78, 5) is 22.3. The minimum Gasteiger partial charge on any atom is -0.480 e. The molecule has 1 rings (SSSR count). The number of aliphatic hydroxyl groups is 1. The molecule has 18 heavy (non-hydrogen) atoms.